The molecule has 0 saturated carbocycles. The predicted molar refractivity (Wildman–Crippen MR) is 76.2 cm³/mol. The Labute approximate surface area is 123 Å². The molecule has 1 aliphatic rings. The van der Waals surface area contributed by atoms with Crippen LogP contribution in [0.3, 0.4) is 0 Å². The highest BCUT2D eigenvalue weighted by atomic mass is 35.5. The molecule has 1 aliphatic heterocycles. The Morgan fingerprint density at radius 2 is 1.90 bits per heavy atom. The summed E-state index contributed by atoms with van der Waals surface area (Å²) in [6, 6.07) is 4.02. The van der Waals surface area contributed by atoms with Gasteiger partial charge in [-0.05, 0) is 30.2 Å². The monoisotopic (exact) mass is 308 g/mol. The molecule has 1 atom stereocenters. The van der Waals surface area contributed by atoms with Crippen LogP contribution in [0.2, 0.25) is 0 Å². The van der Waals surface area contributed by atoms with E-state index in [1.807, 2.05) is 11.8 Å². The zero-order valence-corrected chi connectivity index (χ0v) is 12.2. The first-order valence-electron chi connectivity index (χ1n) is 6.57. The Morgan fingerprint density at radius 1 is 1.25 bits per heavy atom. The fourth-order valence-corrected chi connectivity index (χ4v) is 2.61. The van der Waals surface area contributed by atoms with Gasteiger partial charge in [0, 0.05) is 38.6 Å². The van der Waals surface area contributed by atoms with Crippen molar-refractivity contribution in [3.05, 3.63) is 35.1 Å². The number of alkyl halides is 2. The van der Waals surface area contributed by atoms with E-state index in [9.17, 15) is 13.2 Å². The van der Waals surface area contributed by atoms with Crippen LogP contribution >= 0.6 is 12.4 Å². The van der Waals surface area contributed by atoms with Crippen LogP contribution in [0.4, 0.5) is 13.2 Å². The summed E-state index contributed by atoms with van der Waals surface area (Å²) in [5, 5.41) is 3.20. The van der Waals surface area contributed by atoms with Crippen LogP contribution in [0.5, 0.6) is 0 Å². The van der Waals surface area contributed by atoms with E-state index in [1.54, 1.807) is 6.07 Å². The first-order chi connectivity index (χ1) is 9.08. The lowest BCUT2D eigenvalue weighted by molar-refractivity contribution is 0.0735. The van der Waals surface area contributed by atoms with E-state index in [-0.39, 0.29) is 24.6 Å². The molecule has 0 amide bonds. The second kappa shape index (κ2) is 7.86. The summed E-state index contributed by atoms with van der Waals surface area (Å²) in [6.07, 6.45) is -2.63. The van der Waals surface area contributed by atoms with Gasteiger partial charge >= 0.3 is 0 Å². The Kier molecular flexibility index (Phi) is 6.79. The molecule has 0 radical (unpaired) electrons. The topological polar surface area (TPSA) is 15.3 Å². The van der Waals surface area contributed by atoms with Crippen molar-refractivity contribution in [3.63, 3.8) is 0 Å². The van der Waals surface area contributed by atoms with Gasteiger partial charge in [-0.15, -0.1) is 12.4 Å². The first kappa shape index (κ1) is 17.3. The van der Waals surface area contributed by atoms with Gasteiger partial charge in [0.15, 0.2) is 0 Å². The smallest absolute Gasteiger partial charge is 0.240 e. The highest BCUT2D eigenvalue weighted by Crippen LogP contribution is 2.30. The Balaban J connectivity index is 0.00000200. The molecular formula is C14H20ClF3N2. The number of hydrogen-bond donors (Lipinski definition) is 1. The van der Waals surface area contributed by atoms with E-state index in [0.717, 1.165) is 18.7 Å². The van der Waals surface area contributed by atoms with Crippen LogP contribution in [-0.4, -0.2) is 37.5 Å². The van der Waals surface area contributed by atoms with Crippen LogP contribution in [0, 0.1) is 12.7 Å². The summed E-state index contributed by atoms with van der Waals surface area (Å²) in [7, 11) is 0. The molecule has 1 N–H and O–H groups in total. The van der Waals surface area contributed by atoms with Gasteiger partial charge in [0.25, 0.3) is 0 Å². The minimum Gasteiger partial charge on any atom is -0.314 e. The molecule has 2 rings (SSSR count). The Bertz CT molecular complexity index is 423. The van der Waals surface area contributed by atoms with E-state index in [1.165, 1.54) is 12.1 Å². The van der Waals surface area contributed by atoms with Gasteiger partial charge in [0.1, 0.15) is 5.82 Å². The average Bonchev–Trinajstić information content (AvgIpc) is 2.40. The quantitative estimate of drug-likeness (QED) is 0.919. The number of rotatable bonds is 4. The fourth-order valence-electron chi connectivity index (χ4n) is 2.61. The van der Waals surface area contributed by atoms with Crippen molar-refractivity contribution in [1.29, 1.82) is 0 Å². The molecule has 1 aromatic carbocycles. The molecular weight excluding hydrogens is 289 g/mol. The average molecular weight is 309 g/mol. The van der Waals surface area contributed by atoms with E-state index in [4.69, 9.17) is 0 Å². The number of piperazine rings is 1. The number of nitrogens with one attached hydrogen (secondary N) is 1. The summed E-state index contributed by atoms with van der Waals surface area (Å²) in [5.74, 6) is -0.366. The summed E-state index contributed by atoms with van der Waals surface area (Å²) < 4.78 is 39.0. The molecule has 0 aromatic heterocycles. The molecule has 6 heteroatoms. The highest BCUT2D eigenvalue weighted by Gasteiger charge is 2.26. The molecule has 0 spiro atoms. The van der Waals surface area contributed by atoms with Gasteiger partial charge < -0.3 is 5.32 Å². The van der Waals surface area contributed by atoms with Crippen LogP contribution in [0.25, 0.3) is 0 Å². The van der Waals surface area contributed by atoms with Gasteiger partial charge in [-0.3, -0.25) is 4.90 Å². The van der Waals surface area contributed by atoms with Crippen molar-refractivity contribution in [2.75, 3.05) is 26.2 Å². The molecule has 0 aliphatic carbocycles. The summed E-state index contributed by atoms with van der Waals surface area (Å²) >= 11 is 0. The van der Waals surface area contributed by atoms with Crippen LogP contribution in [0.15, 0.2) is 18.2 Å². The lowest BCUT2D eigenvalue weighted by atomic mass is 9.96. The highest BCUT2D eigenvalue weighted by molar-refractivity contribution is 5.85. The van der Waals surface area contributed by atoms with Crippen LogP contribution < -0.4 is 5.32 Å². The zero-order valence-electron chi connectivity index (χ0n) is 11.4. The number of nitrogens with zero attached hydrogens (tertiary/aromatic N) is 1. The predicted octanol–water partition coefficient (Wildman–Crippen LogP) is 3.16. The maximum absolute atomic E-state index is 13.4. The largest absolute Gasteiger partial charge is 0.314 e. The minimum atomic E-state index is -2.39. The molecule has 20 heavy (non-hydrogen) atoms. The van der Waals surface area contributed by atoms with Crippen molar-refractivity contribution < 1.29 is 13.2 Å². The zero-order chi connectivity index (χ0) is 13.8. The fraction of sp³-hybridized carbons (Fsp3) is 0.571. The second-order valence-corrected chi connectivity index (χ2v) is 4.93. The van der Waals surface area contributed by atoms with E-state index < -0.39 is 12.5 Å². The van der Waals surface area contributed by atoms with Crippen molar-refractivity contribution in [2.24, 2.45) is 0 Å². The number of benzene rings is 1. The van der Waals surface area contributed by atoms with Gasteiger partial charge in [-0.1, -0.05) is 6.07 Å². The SMILES string of the molecule is Cc1ccc(F)cc1[C@H](CC(F)F)N1CCNCC1.Cl. The molecule has 0 bridgehead atoms. The molecule has 0 unspecified atom stereocenters. The van der Waals surface area contributed by atoms with E-state index >= 15 is 0 Å². The summed E-state index contributed by atoms with van der Waals surface area (Å²) in [5.41, 5.74) is 1.55. The van der Waals surface area contributed by atoms with E-state index in [2.05, 4.69) is 5.32 Å². The number of hydrogen-bond acceptors (Lipinski definition) is 2. The van der Waals surface area contributed by atoms with Crippen LogP contribution in [0.1, 0.15) is 23.6 Å². The normalized spacial score (nSPS) is 17.9. The third kappa shape index (κ3) is 4.36. The van der Waals surface area contributed by atoms with Crippen LogP contribution in [-0.2, 0) is 0 Å². The van der Waals surface area contributed by atoms with Crippen molar-refractivity contribution in [3.8, 4) is 0 Å². The standard InChI is InChI=1S/C14H19F3N2.ClH/c1-10-2-3-11(15)8-12(10)13(9-14(16)17)19-6-4-18-5-7-19;/h2-3,8,13-14,18H,4-7,9H2,1H3;1H/t13-;/m0./s1. The maximum atomic E-state index is 13.4. The summed E-state index contributed by atoms with van der Waals surface area (Å²) in [6.45, 7) is 4.85. The first-order valence-corrected chi connectivity index (χ1v) is 6.57. The lowest BCUT2D eigenvalue weighted by Crippen LogP contribution is -2.45. The van der Waals surface area contributed by atoms with Crippen molar-refractivity contribution >= 4 is 12.4 Å². The molecule has 1 saturated heterocycles. The minimum absolute atomic E-state index is 0. The molecule has 1 fully saturated rings. The van der Waals surface area contributed by atoms with Crippen molar-refractivity contribution in [2.45, 2.75) is 25.8 Å². The Hall–Kier alpha value is -0.780. The molecule has 1 aromatic rings. The third-order valence-electron chi connectivity index (χ3n) is 3.59. The third-order valence-corrected chi connectivity index (χ3v) is 3.59. The number of halogens is 4. The van der Waals surface area contributed by atoms with Crippen molar-refractivity contribution in [1.82, 2.24) is 10.2 Å². The van der Waals surface area contributed by atoms with Gasteiger partial charge in [-0.2, -0.15) is 0 Å². The second-order valence-electron chi connectivity index (χ2n) is 4.93. The Morgan fingerprint density at radius 3 is 2.50 bits per heavy atom. The molecule has 2 nitrogen and oxygen atoms in total. The van der Waals surface area contributed by atoms with E-state index in [0.29, 0.717) is 18.7 Å². The molecule has 1 heterocycles. The van der Waals surface area contributed by atoms with Gasteiger partial charge in [-0.25, -0.2) is 13.2 Å². The van der Waals surface area contributed by atoms with Gasteiger partial charge in [0.2, 0.25) is 6.43 Å². The summed E-state index contributed by atoms with van der Waals surface area (Å²) in [4.78, 5) is 2.02. The molecule has 114 valence electrons. The van der Waals surface area contributed by atoms with Gasteiger partial charge in [0.05, 0.1) is 0 Å². The maximum Gasteiger partial charge on any atom is 0.240 e. The number of aryl methyl sites for hydroxylation is 1. The lowest BCUT2D eigenvalue weighted by Gasteiger charge is -2.35.